The Balaban J connectivity index is 2.25. The third kappa shape index (κ3) is 3.36. The van der Waals surface area contributed by atoms with Crippen LogP contribution in [0.4, 0.5) is 0 Å². The first kappa shape index (κ1) is 11.6. The highest BCUT2D eigenvalue weighted by atomic mass is 35.5. The maximum Gasteiger partial charge on any atom is 0.343 e. The average molecular weight is 238 g/mol. The first-order valence-electron chi connectivity index (χ1n) is 4.13. The zero-order chi connectivity index (χ0) is 10.4. The molecule has 0 amide bonds. The molecular formula is C7H12ClN3O2S. The van der Waals surface area contributed by atoms with Crippen LogP contribution in [0, 0.1) is 0 Å². The van der Waals surface area contributed by atoms with E-state index in [-0.39, 0.29) is 5.69 Å². The SMILES string of the molecule is Cn1c(SCCOCCCl)n[nH]c1=O. The minimum absolute atomic E-state index is 0.200. The van der Waals surface area contributed by atoms with Crippen LogP contribution >= 0.6 is 23.4 Å². The fraction of sp³-hybridized carbons (Fsp3) is 0.714. The van der Waals surface area contributed by atoms with Crippen molar-refractivity contribution in [3.63, 3.8) is 0 Å². The minimum atomic E-state index is -0.200. The van der Waals surface area contributed by atoms with Gasteiger partial charge in [0.25, 0.3) is 0 Å². The van der Waals surface area contributed by atoms with E-state index in [4.69, 9.17) is 16.3 Å². The highest BCUT2D eigenvalue weighted by Gasteiger charge is 2.03. The lowest BCUT2D eigenvalue weighted by Crippen LogP contribution is -2.13. The number of thioether (sulfide) groups is 1. The van der Waals surface area contributed by atoms with E-state index < -0.39 is 0 Å². The van der Waals surface area contributed by atoms with Crippen molar-refractivity contribution in [2.75, 3.05) is 24.8 Å². The summed E-state index contributed by atoms with van der Waals surface area (Å²) in [5, 5.41) is 6.87. The molecule has 0 radical (unpaired) electrons. The Kier molecular flexibility index (Phi) is 5.06. The van der Waals surface area contributed by atoms with E-state index in [1.807, 2.05) is 0 Å². The maximum absolute atomic E-state index is 11.0. The highest BCUT2D eigenvalue weighted by molar-refractivity contribution is 7.99. The van der Waals surface area contributed by atoms with Gasteiger partial charge < -0.3 is 4.74 Å². The number of nitrogens with zero attached hydrogens (tertiary/aromatic N) is 2. The summed E-state index contributed by atoms with van der Waals surface area (Å²) in [6.07, 6.45) is 0. The van der Waals surface area contributed by atoms with Gasteiger partial charge in [-0.3, -0.25) is 4.57 Å². The molecule has 80 valence electrons. The van der Waals surface area contributed by atoms with Gasteiger partial charge in [0.2, 0.25) is 0 Å². The molecule has 0 saturated heterocycles. The minimum Gasteiger partial charge on any atom is -0.379 e. The van der Waals surface area contributed by atoms with E-state index in [2.05, 4.69) is 10.2 Å². The van der Waals surface area contributed by atoms with E-state index in [0.717, 1.165) is 5.75 Å². The van der Waals surface area contributed by atoms with Crippen molar-refractivity contribution in [2.24, 2.45) is 7.05 Å². The third-order valence-corrected chi connectivity index (χ3v) is 2.67. The smallest absolute Gasteiger partial charge is 0.343 e. The number of aromatic nitrogens is 3. The van der Waals surface area contributed by atoms with Crippen molar-refractivity contribution in [3.8, 4) is 0 Å². The third-order valence-electron chi connectivity index (χ3n) is 1.52. The van der Waals surface area contributed by atoms with E-state index in [1.165, 1.54) is 16.3 Å². The zero-order valence-corrected chi connectivity index (χ0v) is 9.40. The molecule has 0 aliphatic heterocycles. The molecule has 0 aliphatic rings. The topological polar surface area (TPSA) is 59.9 Å². The molecule has 0 fully saturated rings. The summed E-state index contributed by atoms with van der Waals surface area (Å²) in [4.78, 5) is 11.0. The van der Waals surface area contributed by atoms with Crippen molar-refractivity contribution < 1.29 is 4.74 Å². The van der Waals surface area contributed by atoms with Crippen LogP contribution in [0.2, 0.25) is 0 Å². The second-order valence-corrected chi connectivity index (χ2v) is 3.96. The molecule has 1 aromatic heterocycles. The zero-order valence-electron chi connectivity index (χ0n) is 7.83. The number of nitrogens with one attached hydrogen (secondary N) is 1. The standard InChI is InChI=1S/C7H12ClN3O2S/c1-11-6(12)9-10-7(11)14-5-4-13-3-2-8/h2-5H2,1H3,(H,9,12). The van der Waals surface area contributed by atoms with Gasteiger partial charge in [0, 0.05) is 18.7 Å². The molecule has 1 aromatic rings. The van der Waals surface area contributed by atoms with Crippen LogP contribution in [-0.4, -0.2) is 39.6 Å². The summed E-state index contributed by atoms with van der Waals surface area (Å²) >= 11 is 6.90. The van der Waals surface area contributed by atoms with E-state index in [9.17, 15) is 4.79 Å². The van der Waals surface area contributed by atoms with Gasteiger partial charge in [-0.25, -0.2) is 9.89 Å². The quantitative estimate of drug-likeness (QED) is 0.444. The summed E-state index contributed by atoms with van der Waals surface area (Å²) in [5.74, 6) is 1.26. The number of hydrogen-bond donors (Lipinski definition) is 1. The van der Waals surface area contributed by atoms with Gasteiger partial charge in [-0.1, -0.05) is 11.8 Å². The highest BCUT2D eigenvalue weighted by Crippen LogP contribution is 2.10. The van der Waals surface area contributed by atoms with Gasteiger partial charge in [0.15, 0.2) is 5.16 Å². The molecule has 0 atom stereocenters. The van der Waals surface area contributed by atoms with Gasteiger partial charge in [0.05, 0.1) is 13.2 Å². The second kappa shape index (κ2) is 6.10. The van der Waals surface area contributed by atoms with Gasteiger partial charge in [-0.15, -0.1) is 16.7 Å². The normalized spacial score (nSPS) is 10.7. The van der Waals surface area contributed by atoms with E-state index in [1.54, 1.807) is 7.05 Å². The molecule has 0 aromatic carbocycles. The van der Waals surface area contributed by atoms with Crippen LogP contribution in [0.1, 0.15) is 0 Å². The van der Waals surface area contributed by atoms with E-state index in [0.29, 0.717) is 24.3 Å². The number of alkyl halides is 1. The van der Waals surface area contributed by atoms with Crippen LogP contribution in [0.25, 0.3) is 0 Å². The number of aromatic amines is 1. The monoisotopic (exact) mass is 237 g/mol. The Morgan fingerprint density at radius 3 is 3.00 bits per heavy atom. The number of halogens is 1. The summed E-state index contributed by atoms with van der Waals surface area (Å²) in [6, 6.07) is 0. The summed E-state index contributed by atoms with van der Waals surface area (Å²) < 4.78 is 6.64. The predicted molar refractivity (Wildman–Crippen MR) is 56.1 cm³/mol. The Bertz CT molecular complexity index is 325. The van der Waals surface area contributed by atoms with Crippen molar-refractivity contribution in [1.82, 2.24) is 14.8 Å². The van der Waals surface area contributed by atoms with Crippen LogP contribution < -0.4 is 5.69 Å². The van der Waals surface area contributed by atoms with Crippen LogP contribution in [0.3, 0.4) is 0 Å². The van der Waals surface area contributed by atoms with Crippen molar-refractivity contribution >= 4 is 23.4 Å². The Morgan fingerprint density at radius 1 is 1.64 bits per heavy atom. The Morgan fingerprint density at radius 2 is 2.43 bits per heavy atom. The lowest BCUT2D eigenvalue weighted by Gasteiger charge is -2.00. The van der Waals surface area contributed by atoms with Crippen molar-refractivity contribution in [2.45, 2.75) is 5.16 Å². The Labute approximate surface area is 90.8 Å². The number of rotatable bonds is 6. The van der Waals surface area contributed by atoms with E-state index >= 15 is 0 Å². The largest absolute Gasteiger partial charge is 0.379 e. The molecule has 5 nitrogen and oxygen atoms in total. The number of H-pyrrole nitrogens is 1. The van der Waals surface area contributed by atoms with Gasteiger partial charge in [-0.05, 0) is 0 Å². The lowest BCUT2D eigenvalue weighted by atomic mass is 10.8. The fourth-order valence-corrected chi connectivity index (χ4v) is 1.69. The van der Waals surface area contributed by atoms with Crippen LogP contribution in [-0.2, 0) is 11.8 Å². The van der Waals surface area contributed by atoms with Gasteiger partial charge in [0.1, 0.15) is 0 Å². The second-order valence-electron chi connectivity index (χ2n) is 2.52. The molecule has 14 heavy (non-hydrogen) atoms. The van der Waals surface area contributed by atoms with Gasteiger partial charge >= 0.3 is 5.69 Å². The molecule has 7 heteroatoms. The first-order valence-corrected chi connectivity index (χ1v) is 5.65. The molecule has 0 bridgehead atoms. The Hall–Kier alpha value is -0.460. The molecular weight excluding hydrogens is 226 g/mol. The molecule has 0 unspecified atom stereocenters. The molecule has 0 aliphatic carbocycles. The van der Waals surface area contributed by atoms with Crippen molar-refractivity contribution in [1.29, 1.82) is 0 Å². The van der Waals surface area contributed by atoms with Crippen molar-refractivity contribution in [3.05, 3.63) is 10.5 Å². The summed E-state index contributed by atoms with van der Waals surface area (Å²) in [6.45, 7) is 1.17. The average Bonchev–Trinajstić information content (AvgIpc) is 2.49. The number of hydrogen-bond acceptors (Lipinski definition) is 4. The fourth-order valence-electron chi connectivity index (χ4n) is 0.810. The first-order chi connectivity index (χ1) is 6.75. The molecule has 1 rings (SSSR count). The molecule has 1 N–H and O–H groups in total. The molecule has 0 saturated carbocycles. The number of ether oxygens (including phenoxy) is 1. The predicted octanol–water partition coefficient (Wildman–Crippen LogP) is 0.456. The summed E-state index contributed by atoms with van der Waals surface area (Å²) in [5.41, 5.74) is -0.200. The van der Waals surface area contributed by atoms with Crippen LogP contribution in [0.5, 0.6) is 0 Å². The van der Waals surface area contributed by atoms with Crippen LogP contribution in [0.15, 0.2) is 9.95 Å². The lowest BCUT2D eigenvalue weighted by molar-refractivity contribution is 0.166. The molecule has 0 spiro atoms. The molecule has 1 heterocycles. The summed E-state index contributed by atoms with van der Waals surface area (Å²) in [7, 11) is 1.67. The maximum atomic E-state index is 11.0. The van der Waals surface area contributed by atoms with Gasteiger partial charge in [-0.2, -0.15) is 0 Å².